The summed E-state index contributed by atoms with van der Waals surface area (Å²) in [4.78, 5) is 2.65. The lowest BCUT2D eigenvalue weighted by Crippen LogP contribution is -2.45. The fourth-order valence-electron chi connectivity index (χ4n) is 3.62. The molecule has 0 unspecified atom stereocenters. The SMILES string of the molecule is Oc1ccc2cc([C@H](CC3CC3)N3CCNCC3)ccc2c1. The number of nitrogens with one attached hydrogen (secondary N) is 1. The van der Waals surface area contributed by atoms with Crippen molar-refractivity contribution >= 4 is 10.8 Å². The first-order valence-corrected chi connectivity index (χ1v) is 8.47. The maximum Gasteiger partial charge on any atom is 0.116 e. The molecule has 2 N–H and O–H groups in total. The zero-order chi connectivity index (χ0) is 14.9. The van der Waals surface area contributed by atoms with E-state index in [1.54, 1.807) is 6.07 Å². The lowest BCUT2D eigenvalue weighted by atomic mass is 9.96. The lowest BCUT2D eigenvalue weighted by molar-refractivity contribution is 0.160. The Morgan fingerprint density at radius 1 is 1.05 bits per heavy atom. The predicted molar refractivity (Wildman–Crippen MR) is 90.1 cm³/mol. The van der Waals surface area contributed by atoms with Gasteiger partial charge in [0.05, 0.1) is 0 Å². The molecule has 0 radical (unpaired) electrons. The van der Waals surface area contributed by atoms with Crippen molar-refractivity contribution < 1.29 is 5.11 Å². The molecular formula is C19H24N2O. The molecule has 4 rings (SSSR count). The Kier molecular flexibility index (Phi) is 3.77. The van der Waals surface area contributed by atoms with E-state index in [-0.39, 0.29) is 0 Å². The van der Waals surface area contributed by atoms with Crippen molar-refractivity contribution in [1.82, 2.24) is 10.2 Å². The Morgan fingerprint density at radius 3 is 2.55 bits per heavy atom. The van der Waals surface area contributed by atoms with Gasteiger partial charge in [-0.2, -0.15) is 0 Å². The second-order valence-corrected chi connectivity index (χ2v) is 6.77. The van der Waals surface area contributed by atoms with Crippen molar-refractivity contribution in [1.29, 1.82) is 0 Å². The van der Waals surface area contributed by atoms with E-state index in [1.165, 1.54) is 30.2 Å². The molecule has 0 aromatic heterocycles. The summed E-state index contributed by atoms with van der Waals surface area (Å²) in [5, 5.41) is 15.4. The Labute approximate surface area is 131 Å². The van der Waals surface area contributed by atoms with Gasteiger partial charge in [0, 0.05) is 32.2 Å². The Balaban J connectivity index is 1.66. The van der Waals surface area contributed by atoms with E-state index in [1.807, 2.05) is 12.1 Å². The van der Waals surface area contributed by atoms with Crippen LogP contribution >= 0.6 is 0 Å². The smallest absolute Gasteiger partial charge is 0.116 e. The summed E-state index contributed by atoms with van der Waals surface area (Å²) in [6.45, 7) is 4.49. The fourth-order valence-corrected chi connectivity index (χ4v) is 3.62. The molecule has 0 bridgehead atoms. The van der Waals surface area contributed by atoms with Crippen LogP contribution in [0, 0.1) is 5.92 Å². The van der Waals surface area contributed by atoms with Crippen molar-refractivity contribution in [3.8, 4) is 5.75 Å². The molecule has 22 heavy (non-hydrogen) atoms. The quantitative estimate of drug-likeness (QED) is 0.909. The van der Waals surface area contributed by atoms with Gasteiger partial charge < -0.3 is 10.4 Å². The Hall–Kier alpha value is -1.58. The van der Waals surface area contributed by atoms with Gasteiger partial charge in [0.2, 0.25) is 0 Å². The van der Waals surface area contributed by atoms with Crippen LogP contribution in [0.15, 0.2) is 36.4 Å². The summed E-state index contributed by atoms with van der Waals surface area (Å²) in [5.41, 5.74) is 1.44. The van der Waals surface area contributed by atoms with E-state index in [2.05, 4.69) is 28.4 Å². The number of hydrogen-bond acceptors (Lipinski definition) is 3. The van der Waals surface area contributed by atoms with E-state index >= 15 is 0 Å². The monoisotopic (exact) mass is 296 g/mol. The lowest BCUT2D eigenvalue weighted by Gasteiger charge is -2.35. The highest BCUT2D eigenvalue weighted by Crippen LogP contribution is 2.40. The highest BCUT2D eigenvalue weighted by molar-refractivity contribution is 5.84. The molecule has 1 atom stereocenters. The van der Waals surface area contributed by atoms with Crippen molar-refractivity contribution in [3.63, 3.8) is 0 Å². The van der Waals surface area contributed by atoms with E-state index in [9.17, 15) is 5.11 Å². The van der Waals surface area contributed by atoms with Crippen LogP contribution in [-0.4, -0.2) is 36.2 Å². The summed E-state index contributed by atoms with van der Waals surface area (Å²) in [6, 6.07) is 13.0. The van der Waals surface area contributed by atoms with Crippen LogP contribution < -0.4 is 5.32 Å². The van der Waals surface area contributed by atoms with Gasteiger partial charge in [0.25, 0.3) is 0 Å². The number of aromatic hydroxyl groups is 1. The highest BCUT2D eigenvalue weighted by Gasteiger charge is 2.30. The molecule has 2 aromatic rings. The zero-order valence-electron chi connectivity index (χ0n) is 13.0. The normalized spacial score (nSPS) is 21.1. The third-order valence-corrected chi connectivity index (χ3v) is 5.08. The molecule has 2 fully saturated rings. The number of piperazine rings is 1. The van der Waals surface area contributed by atoms with Crippen LogP contribution in [0.4, 0.5) is 0 Å². The minimum absolute atomic E-state index is 0.344. The minimum Gasteiger partial charge on any atom is -0.508 e. The maximum atomic E-state index is 9.62. The predicted octanol–water partition coefficient (Wildman–Crippen LogP) is 3.29. The van der Waals surface area contributed by atoms with Crippen LogP contribution in [0.1, 0.15) is 30.9 Å². The molecule has 1 saturated heterocycles. The number of rotatable bonds is 4. The molecule has 1 aliphatic heterocycles. The molecule has 0 spiro atoms. The average Bonchev–Trinajstić information content (AvgIpc) is 3.37. The maximum absolute atomic E-state index is 9.62. The van der Waals surface area contributed by atoms with Crippen LogP contribution in [0.2, 0.25) is 0 Å². The van der Waals surface area contributed by atoms with Gasteiger partial charge in [0.1, 0.15) is 5.75 Å². The van der Waals surface area contributed by atoms with E-state index in [0.29, 0.717) is 11.8 Å². The number of phenols is 1. The number of nitrogens with zero attached hydrogens (tertiary/aromatic N) is 1. The molecule has 1 aliphatic carbocycles. The number of phenolic OH excluding ortho intramolecular Hbond substituents is 1. The van der Waals surface area contributed by atoms with Crippen LogP contribution in [0.25, 0.3) is 10.8 Å². The van der Waals surface area contributed by atoms with E-state index in [4.69, 9.17) is 0 Å². The van der Waals surface area contributed by atoms with Gasteiger partial charge in [-0.05, 0) is 46.9 Å². The van der Waals surface area contributed by atoms with Gasteiger partial charge in [-0.15, -0.1) is 0 Å². The van der Waals surface area contributed by atoms with Crippen LogP contribution in [-0.2, 0) is 0 Å². The van der Waals surface area contributed by atoms with Gasteiger partial charge in [0.15, 0.2) is 0 Å². The van der Waals surface area contributed by atoms with Crippen molar-refractivity contribution in [2.75, 3.05) is 26.2 Å². The molecule has 3 heteroatoms. The van der Waals surface area contributed by atoms with Crippen molar-refractivity contribution in [2.45, 2.75) is 25.3 Å². The van der Waals surface area contributed by atoms with Gasteiger partial charge in [-0.3, -0.25) is 4.90 Å². The Bertz CT molecular complexity index is 660. The summed E-state index contributed by atoms with van der Waals surface area (Å²) in [7, 11) is 0. The molecule has 3 nitrogen and oxygen atoms in total. The first-order chi connectivity index (χ1) is 10.8. The topological polar surface area (TPSA) is 35.5 Å². The summed E-state index contributed by atoms with van der Waals surface area (Å²) >= 11 is 0. The summed E-state index contributed by atoms with van der Waals surface area (Å²) in [6.07, 6.45) is 4.11. The molecular weight excluding hydrogens is 272 g/mol. The van der Waals surface area contributed by atoms with E-state index < -0.39 is 0 Å². The van der Waals surface area contributed by atoms with E-state index in [0.717, 1.165) is 37.5 Å². The first-order valence-electron chi connectivity index (χ1n) is 8.47. The average molecular weight is 296 g/mol. The second kappa shape index (κ2) is 5.90. The fraction of sp³-hybridized carbons (Fsp3) is 0.474. The summed E-state index contributed by atoms with van der Waals surface area (Å²) < 4.78 is 0. The van der Waals surface area contributed by atoms with Crippen molar-refractivity contribution in [2.24, 2.45) is 5.92 Å². The van der Waals surface area contributed by atoms with Gasteiger partial charge in [-0.25, -0.2) is 0 Å². The highest BCUT2D eigenvalue weighted by atomic mass is 16.3. The molecule has 2 aliphatic rings. The largest absolute Gasteiger partial charge is 0.508 e. The molecule has 116 valence electrons. The first kappa shape index (κ1) is 14.0. The molecule has 1 heterocycles. The number of hydrogen-bond donors (Lipinski definition) is 2. The second-order valence-electron chi connectivity index (χ2n) is 6.77. The Morgan fingerprint density at radius 2 is 1.77 bits per heavy atom. The van der Waals surface area contributed by atoms with Gasteiger partial charge in [-0.1, -0.05) is 31.0 Å². The molecule has 2 aromatic carbocycles. The van der Waals surface area contributed by atoms with Crippen LogP contribution in [0.5, 0.6) is 5.75 Å². The number of benzene rings is 2. The number of fused-ring (bicyclic) bond motifs is 1. The zero-order valence-corrected chi connectivity index (χ0v) is 13.0. The summed E-state index contributed by atoms with van der Waals surface area (Å²) in [5.74, 6) is 1.27. The third-order valence-electron chi connectivity index (χ3n) is 5.08. The standard InChI is InChI=1S/C19H24N2O/c22-18-6-5-15-12-17(4-3-16(15)13-18)19(11-14-1-2-14)21-9-7-20-8-10-21/h3-6,12-14,19-20,22H,1-2,7-11H2/t19-/m0/s1. The molecule has 1 saturated carbocycles. The van der Waals surface area contributed by atoms with Crippen LogP contribution in [0.3, 0.4) is 0 Å². The minimum atomic E-state index is 0.344. The molecule has 0 amide bonds. The third kappa shape index (κ3) is 2.96. The van der Waals surface area contributed by atoms with Crippen molar-refractivity contribution in [3.05, 3.63) is 42.0 Å². The van der Waals surface area contributed by atoms with Gasteiger partial charge >= 0.3 is 0 Å².